The van der Waals surface area contributed by atoms with Gasteiger partial charge >= 0.3 is 0 Å². The van der Waals surface area contributed by atoms with Crippen molar-refractivity contribution in [1.29, 1.82) is 5.26 Å². The van der Waals surface area contributed by atoms with Crippen LogP contribution in [0.15, 0.2) is 6.20 Å². The number of H-pyrrole nitrogens is 1. The van der Waals surface area contributed by atoms with E-state index in [4.69, 9.17) is 21.6 Å². The molecule has 0 radical (unpaired) electrons. The van der Waals surface area contributed by atoms with Gasteiger partial charge in [0.05, 0.1) is 7.11 Å². The standard InChI is InChI=1S/C6H5ClN2O/c1-10-5-3-9-4(2-8)6(5)7/h3,9H,1H3. The number of aromatic amines is 1. The first-order chi connectivity index (χ1) is 4.79. The Balaban J connectivity index is 3.12. The molecule has 3 nitrogen and oxygen atoms in total. The van der Waals surface area contributed by atoms with Crippen molar-refractivity contribution in [2.75, 3.05) is 7.11 Å². The van der Waals surface area contributed by atoms with Crippen LogP contribution in [0.4, 0.5) is 0 Å². The molecule has 1 rings (SSSR count). The maximum Gasteiger partial charge on any atom is 0.156 e. The van der Waals surface area contributed by atoms with E-state index >= 15 is 0 Å². The van der Waals surface area contributed by atoms with Gasteiger partial charge in [-0.15, -0.1) is 0 Å². The van der Waals surface area contributed by atoms with E-state index in [0.29, 0.717) is 16.5 Å². The van der Waals surface area contributed by atoms with Crippen LogP contribution < -0.4 is 4.74 Å². The molecule has 0 atom stereocenters. The summed E-state index contributed by atoms with van der Waals surface area (Å²) in [4.78, 5) is 2.66. The summed E-state index contributed by atoms with van der Waals surface area (Å²) in [5, 5.41) is 8.74. The number of aromatic nitrogens is 1. The van der Waals surface area contributed by atoms with Crippen LogP contribution in [-0.2, 0) is 0 Å². The van der Waals surface area contributed by atoms with E-state index in [0.717, 1.165) is 0 Å². The molecule has 0 spiro atoms. The van der Waals surface area contributed by atoms with E-state index in [1.807, 2.05) is 6.07 Å². The lowest BCUT2D eigenvalue weighted by atomic mass is 10.4. The van der Waals surface area contributed by atoms with E-state index in [2.05, 4.69) is 4.98 Å². The van der Waals surface area contributed by atoms with Crippen molar-refractivity contribution in [2.24, 2.45) is 0 Å². The van der Waals surface area contributed by atoms with Crippen LogP contribution in [0.5, 0.6) is 5.75 Å². The minimum atomic E-state index is 0.332. The number of nitriles is 1. The van der Waals surface area contributed by atoms with Crippen LogP contribution in [0.1, 0.15) is 5.69 Å². The molecule has 1 aromatic heterocycles. The molecule has 1 aromatic rings. The molecule has 1 heterocycles. The Bertz CT molecular complexity index is 274. The second kappa shape index (κ2) is 2.63. The highest BCUT2D eigenvalue weighted by atomic mass is 35.5. The van der Waals surface area contributed by atoms with Crippen LogP contribution >= 0.6 is 11.6 Å². The summed E-state index contributed by atoms with van der Waals surface area (Å²) in [6.45, 7) is 0. The lowest BCUT2D eigenvalue weighted by Crippen LogP contribution is -1.78. The molecule has 0 fully saturated rings. The zero-order valence-electron chi connectivity index (χ0n) is 5.31. The van der Waals surface area contributed by atoms with Gasteiger partial charge in [0.2, 0.25) is 0 Å². The van der Waals surface area contributed by atoms with Gasteiger partial charge in [-0.1, -0.05) is 11.6 Å². The monoisotopic (exact) mass is 156 g/mol. The lowest BCUT2D eigenvalue weighted by Gasteiger charge is -1.91. The highest BCUT2D eigenvalue weighted by Crippen LogP contribution is 2.26. The number of hydrogen-bond donors (Lipinski definition) is 1. The first kappa shape index (κ1) is 6.97. The minimum absolute atomic E-state index is 0.332. The third-order valence-corrected chi connectivity index (χ3v) is 1.49. The van der Waals surface area contributed by atoms with E-state index in [1.165, 1.54) is 7.11 Å². The molecular formula is C6H5ClN2O. The summed E-state index contributed by atoms with van der Waals surface area (Å²) in [6.07, 6.45) is 1.54. The van der Waals surface area contributed by atoms with Crippen LogP contribution in [-0.4, -0.2) is 12.1 Å². The highest BCUT2D eigenvalue weighted by molar-refractivity contribution is 6.33. The second-order valence-electron chi connectivity index (χ2n) is 1.66. The van der Waals surface area contributed by atoms with Crippen LogP contribution in [0.3, 0.4) is 0 Å². The van der Waals surface area contributed by atoms with Gasteiger partial charge < -0.3 is 9.72 Å². The van der Waals surface area contributed by atoms with Crippen molar-refractivity contribution in [1.82, 2.24) is 4.98 Å². The second-order valence-corrected chi connectivity index (χ2v) is 2.04. The number of methoxy groups -OCH3 is 1. The maximum absolute atomic E-state index is 8.41. The van der Waals surface area contributed by atoms with Crippen molar-refractivity contribution in [3.8, 4) is 11.8 Å². The molecule has 10 heavy (non-hydrogen) atoms. The van der Waals surface area contributed by atoms with Crippen molar-refractivity contribution in [2.45, 2.75) is 0 Å². The fraction of sp³-hybridized carbons (Fsp3) is 0.167. The number of rotatable bonds is 1. The Morgan fingerprint density at radius 2 is 2.50 bits per heavy atom. The first-order valence-corrected chi connectivity index (χ1v) is 2.98. The van der Waals surface area contributed by atoms with Gasteiger partial charge in [-0.3, -0.25) is 0 Å². The maximum atomic E-state index is 8.41. The van der Waals surface area contributed by atoms with Crippen molar-refractivity contribution < 1.29 is 4.74 Å². The number of hydrogen-bond acceptors (Lipinski definition) is 2. The number of ether oxygens (including phenoxy) is 1. The molecule has 0 bridgehead atoms. The van der Waals surface area contributed by atoms with E-state index < -0.39 is 0 Å². The Kier molecular flexibility index (Phi) is 1.83. The minimum Gasteiger partial charge on any atom is -0.494 e. The zero-order chi connectivity index (χ0) is 7.56. The van der Waals surface area contributed by atoms with Crippen molar-refractivity contribution in [3.63, 3.8) is 0 Å². The number of nitrogens with zero attached hydrogens (tertiary/aromatic N) is 1. The van der Waals surface area contributed by atoms with Crippen molar-refractivity contribution >= 4 is 11.6 Å². The smallest absolute Gasteiger partial charge is 0.156 e. The quantitative estimate of drug-likeness (QED) is 0.671. The molecule has 0 aliphatic heterocycles. The van der Waals surface area contributed by atoms with Gasteiger partial charge in [-0.25, -0.2) is 0 Å². The molecule has 52 valence electrons. The topological polar surface area (TPSA) is 48.8 Å². The van der Waals surface area contributed by atoms with Gasteiger partial charge in [0.25, 0.3) is 0 Å². The molecular weight excluding hydrogens is 152 g/mol. The third-order valence-electron chi connectivity index (χ3n) is 1.12. The molecule has 0 aliphatic rings. The Hall–Kier alpha value is -1.14. The van der Waals surface area contributed by atoms with Crippen molar-refractivity contribution in [3.05, 3.63) is 16.9 Å². The molecule has 4 heteroatoms. The fourth-order valence-corrected chi connectivity index (χ4v) is 0.846. The normalized spacial score (nSPS) is 8.90. The Morgan fingerprint density at radius 3 is 2.80 bits per heavy atom. The summed E-state index contributed by atoms with van der Waals surface area (Å²) < 4.78 is 4.81. The van der Waals surface area contributed by atoms with Gasteiger partial charge in [-0.05, 0) is 0 Å². The van der Waals surface area contributed by atoms with Crippen LogP contribution in [0, 0.1) is 11.3 Å². The summed E-state index contributed by atoms with van der Waals surface area (Å²) in [5.41, 5.74) is 0.332. The third kappa shape index (κ3) is 0.937. The van der Waals surface area contributed by atoms with Gasteiger partial charge in [0.1, 0.15) is 16.8 Å². The zero-order valence-corrected chi connectivity index (χ0v) is 6.07. The van der Waals surface area contributed by atoms with Gasteiger partial charge in [0.15, 0.2) is 5.75 Å². The average molecular weight is 157 g/mol. The molecule has 0 saturated carbocycles. The number of halogens is 1. The molecule has 0 unspecified atom stereocenters. The van der Waals surface area contributed by atoms with Crippen LogP contribution in [0.25, 0.3) is 0 Å². The van der Waals surface area contributed by atoms with E-state index in [9.17, 15) is 0 Å². The molecule has 0 amide bonds. The summed E-state index contributed by atoms with van der Waals surface area (Å²) in [7, 11) is 1.50. The Morgan fingerprint density at radius 1 is 1.80 bits per heavy atom. The SMILES string of the molecule is COc1c[nH]c(C#N)c1Cl. The summed E-state index contributed by atoms with van der Waals surface area (Å²) in [5.74, 6) is 0.498. The molecule has 0 saturated heterocycles. The molecule has 0 aliphatic carbocycles. The molecule has 1 N–H and O–H groups in total. The Labute approximate surface area is 63.2 Å². The lowest BCUT2D eigenvalue weighted by molar-refractivity contribution is 0.415. The largest absolute Gasteiger partial charge is 0.494 e. The number of nitrogens with one attached hydrogen (secondary N) is 1. The van der Waals surface area contributed by atoms with E-state index in [-0.39, 0.29) is 0 Å². The summed E-state index contributed by atoms with van der Waals surface area (Å²) >= 11 is 5.65. The predicted octanol–water partition coefficient (Wildman–Crippen LogP) is 1.55. The van der Waals surface area contributed by atoms with E-state index in [1.54, 1.807) is 6.20 Å². The summed E-state index contributed by atoms with van der Waals surface area (Å²) in [6, 6.07) is 1.88. The predicted molar refractivity (Wildman–Crippen MR) is 37.1 cm³/mol. The first-order valence-electron chi connectivity index (χ1n) is 2.60. The average Bonchev–Trinajstić information content (AvgIpc) is 2.30. The molecule has 0 aromatic carbocycles. The van der Waals surface area contributed by atoms with Gasteiger partial charge in [0, 0.05) is 6.20 Å². The fourth-order valence-electron chi connectivity index (χ4n) is 0.618. The van der Waals surface area contributed by atoms with Gasteiger partial charge in [-0.2, -0.15) is 5.26 Å². The van der Waals surface area contributed by atoms with Crippen LogP contribution in [0.2, 0.25) is 5.02 Å². The highest BCUT2D eigenvalue weighted by Gasteiger charge is 2.06.